The number of carbonyl (C=O) groups excluding carboxylic acids is 1. The summed E-state index contributed by atoms with van der Waals surface area (Å²) in [4.78, 5) is 12.4. The number of amides is 1. The van der Waals surface area contributed by atoms with E-state index in [0.29, 0.717) is 0 Å². The van der Waals surface area contributed by atoms with Crippen molar-refractivity contribution in [2.45, 2.75) is 44.7 Å². The number of hydrogen-bond acceptors (Lipinski definition) is 3. The van der Waals surface area contributed by atoms with Gasteiger partial charge in [-0.2, -0.15) is 0 Å². The normalized spacial score (nSPS) is 18.1. The highest BCUT2D eigenvalue weighted by Crippen LogP contribution is 2.20. The molecule has 1 amide bonds. The first kappa shape index (κ1) is 15.4. The molecule has 0 spiro atoms. The SMILES string of the molecule is COc1ccc(NC(C)(C)C(=O)NC2C=CCCC2)cc1. The zero-order valence-corrected chi connectivity index (χ0v) is 13.0. The summed E-state index contributed by atoms with van der Waals surface area (Å²) < 4.78 is 5.13. The summed E-state index contributed by atoms with van der Waals surface area (Å²) in [5, 5.41) is 6.36. The largest absolute Gasteiger partial charge is 0.497 e. The first-order valence-electron chi connectivity index (χ1n) is 7.41. The molecule has 1 aliphatic rings. The molecule has 0 saturated carbocycles. The Morgan fingerprint density at radius 2 is 2.00 bits per heavy atom. The molecule has 1 unspecified atom stereocenters. The van der Waals surface area contributed by atoms with Crippen LogP contribution in [0.3, 0.4) is 0 Å². The molecule has 2 rings (SSSR count). The number of allylic oxidation sites excluding steroid dienone is 1. The second kappa shape index (κ2) is 6.66. The minimum atomic E-state index is -0.667. The maximum Gasteiger partial charge on any atom is 0.245 e. The molecular formula is C17H24N2O2. The van der Waals surface area contributed by atoms with Gasteiger partial charge in [0.15, 0.2) is 0 Å². The third kappa shape index (κ3) is 4.25. The smallest absolute Gasteiger partial charge is 0.245 e. The fourth-order valence-electron chi connectivity index (χ4n) is 2.37. The fraction of sp³-hybridized carbons (Fsp3) is 0.471. The van der Waals surface area contributed by atoms with E-state index >= 15 is 0 Å². The van der Waals surface area contributed by atoms with E-state index in [-0.39, 0.29) is 11.9 Å². The van der Waals surface area contributed by atoms with Gasteiger partial charge in [-0.1, -0.05) is 12.2 Å². The highest BCUT2D eigenvalue weighted by Gasteiger charge is 2.28. The lowest BCUT2D eigenvalue weighted by Gasteiger charge is -2.29. The van der Waals surface area contributed by atoms with Crippen LogP contribution in [-0.4, -0.2) is 24.6 Å². The Morgan fingerprint density at radius 3 is 2.57 bits per heavy atom. The minimum Gasteiger partial charge on any atom is -0.497 e. The van der Waals surface area contributed by atoms with Crippen molar-refractivity contribution in [3.63, 3.8) is 0 Å². The van der Waals surface area contributed by atoms with Crippen LogP contribution in [0.2, 0.25) is 0 Å². The number of methoxy groups -OCH3 is 1. The van der Waals surface area contributed by atoms with Gasteiger partial charge in [0.2, 0.25) is 5.91 Å². The number of nitrogens with one attached hydrogen (secondary N) is 2. The van der Waals surface area contributed by atoms with Crippen LogP contribution in [-0.2, 0) is 4.79 Å². The Kier molecular flexibility index (Phi) is 4.89. The molecule has 4 heteroatoms. The van der Waals surface area contributed by atoms with Crippen molar-refractivity contribution >= 4 is 11.6 Å². The van der Waals surface area contributed by atoms with E-state index in [2.05, 4.69) is 22.8 Å². The van der Waals surface area contributed by atoms with Gasteiger partial charge in [-0.15, -0.1) is 0 Å². The van der Waals surface area contributed by atoms with Crippen molar-refractivity contribution in [1.29, 1.82) is 0 Å². The Bertz CT molecular complexity index is 506. The monoisotopic (exact) mass is 288 g/mol. The van der Waals surface area contributed by atoms with Gasteiger partial charge in [-0.25, -0.2) is 0 Å². The number of hydrogen-bond donors (Lipinski definition) is 2. The van der Waals surface area contributed by atoms with Gasteiger partial charge in [-0.05, 0) is 57.4 Å². The quantitative estimate of drug-likeness (QED) is 0.819. The summed E-state index contributed by atoms with van der Waals surface area (Å²) in [7, 11) is 1.64. The fourth-order valence-corrected chi connectivity index (χ4v) is 2.37. The van der Waals surface area contributed by atoms with Crippen LogP contribution in [0.1, 0.15) is 33.1 Å². The zero-order chi connectivity index (χ0) is 15.3. The Labute approximate surface area is 126 Å². The van der Waals surface area contributed by atoms with Crippen molar-refractivity contribution in [3.8, 4) is 5.75 Å². The van der Waals surface area contributed by atoms with Gasteiger partial charge >= 0.3 is 0 Å². The average Bonchev–Trinajstić information content (AvgIpc) is 2.48. The highest BCUT2D eigenvalue weighted by atomic mass is 16.5. The van der Waals surface area contributed by atoms with Crippen molar-refractivity contribution in [2.75, 3.05) is 12.4 Å². The second-order valence-corrected chi connectivity index (χ2v) is 5.92. The second-order valence-electron chi connectivity index (χ2n) is 5.92. The van der Waals surface area contributed by atoms with Gasteiger partial charge in [-0.3, -0.25) is 4.79 Å². The topological polar surface area (TPSA) is 50.4 Å². The summed E-state index contributed by atoms with van der Waals surface area (Å²) in [5.41, 5.74) is 0.231. The maximum absolute atomic E-state index is 12.4. The first-order chi connectivity index (χ1) is 10.0. The molecule has 1 aliphatic carbocycles. The Morgan fingerprint density at radius 1 is 1.29 bits per heavy atom. The molecule has 1 atom stereocenters. The van der Waals surface area contributed by atoms with E-state index < -0.39 is 5.54 Å². The minimum absolute atomic E-state index is 0.00914. The lowest BCUT2D eigenvalue weighted by atomic mass is 9.99. The van der Waals surface area contributed by atoms with E-state index in [1.54, 1.807) is 7.11 Å². The number of benzene rings is 1. The molecule has 1 aromatic carbocycles. The molecule has 0 radical (unpaired) electrons. The predicted molar refractivity (Wildman–Crippen MR) is 85.6 cm³/mol. The molecule has 114 valence electrons. The van der Waals surface area contributed by atoms with Gasteiger partial charge in [0.05, 0.1) is 7.11 Å². The number of ether oxygens (including phenoxy) is 1. The van der Waals surface area contributed by atoms with E-state index in [0.717, 1.165) is 30.7 Å². The molecular weight excluding hydrogens is 264 g/mol. The summed E-state index contributed by atoms with van der Waals surface area (Å²) in [5.74, 6) is 0.810. The summed E-state index contributed by atoms with van der Waals surface area (Å²) >= 11 is 0. The molecule has 21 heavy (non-hydrogen) atoms. The van der Waals surface area contributed by atoms with Crippen LogP contribution in [0, 0.1) is 0 Å². The summed E-state index contributed by atoms with van der Waals surface area (Å²) in [6, 6.07) is 7.73. The lowest BCUT2D eigenvalue weighted by Crippen LogP contribution is -2.51. The third-order valence-corrected chi connectivity index (χ3v) is 3.69. The third-order valence-electron chi connectivity index (χ3n) is 3.69. The molecule has 0 aromatic heterocycles. The van der Waals surface area contributed by atoms with Crippen molar-refractivity contribution in [3.05, 3.63) is 36.4 Å². The van der Waals surface area contributed by atoms with Gasteiger partial charge in [0.1, 0.15) is 11.3 Å². The molecule has 0 aliphatic heterocycles. The van der Waals surface area contributed by atoms with Crippen molar-refractivity contribution < 1.29 is 9.53 Å². The average molecular weight is 288 g/mol. The van der Waals surface area contributed by atoms with Gasteiger partial charge < -0.3 is 15.4 Å². The summed E-state index contributed by atoms with van der Waals surface area (Å²) in [6.45, 7) is 3.78. The van der Waals surface area contributed by atoms with Crippen LogP contribution in [0.25, 0.3) is 0 Å². The molecule has 2 N–H and O–H groups in total. The van der Waals surface area contributed by atoms with E-state index in [4.69, 9.17) is 4.74 Å². The standard InChI is InChI=1S/C17H24N2O2/c1-17(2,16(20)18-13-7-5-4-6-8-13)19-14-9-11-15(21-3)12-10-14/h5,7,9-13,19H,4,6,8H2,1-3H3,(H,18,20). The van der Waals surface area contributed by atoms with E-state index in [9.17, 15) is 4.79 Å². The zero-order valence-electron chi connectivity index (χ0n) is 13.0. The van der Waals surface area contributed by atoms with Crippen LogP contribution < -0.4 is 15.4 Å². The van der Waals surface area contributed by atoms with Crippen LogP contribution in [0.4, 0.5) is 5.69 Å². The molecule has 0 saturated heterocycles. The maximum atomic E-state index is 12.4. The number of rotatable bonds is 5. The molecule has 0 heterocycles. The van der Waals surface area contributed by atoms with E-state index in [1.165, 1.54) is 0 Å². The predicted octanol–water partition coefficient (Wildman–Crippen LogP) is 3.11. The molecule has 0 bridgehead atoms. The Balaban J connectivity index is 1.97. The van der Waals surface area contributed by atoms with Crippen LogP contribution in [0.5, 0.6) is 5.75 Å². The van der Waals surface area contributed by atoms with Crippen LogP contribution >= 0.6 is 0 Å². The van der Waals surface area contributed by atoms with Crippen molar-refractivity contribution in [2.24, 2.45) is 0 Å². The van der Waals surface area contributed by atoms with Gasteiger partial charge in [0, 0.05) is 11.7 Å². The lowest BCUT2D eigenvalue weighted by molar-refractivity contribution is -0.125. The van der Waals surface area contributed by atoms with Crippen molar-refractivity contribution in [1.82, 2.24) is 5.32 Å². The number of carbonyl (C=O) groups is 1. The van der Waals surface area contributed by atoms with Crippen LogP contribution in [0.15, 0.2) is 36.4 Å². The van der Waals surface area contributed by atoms with E-state index in [1.807, 2.05) is 38.1 Å². The highest BCUT2D eigenvalue weighted by molar-refractivity contribution is 5.88. The first-order valence-corrected chi connectivity index (χ1v) is 7.41. The Hall–Kier alpha value is -1.97. The molecule has 0 fully saturated rings. The molecule has 1 aromatic rings. The summed E-state index contributed by atoms with van der Waals surface area (Å²) in [6.07, 6.45) is 7.48. The molecule has 4 nitrogen and oxygen atoms in total. The van der Waals surface area contributed by atoms with Gasteiger partial charge in [0.25, 0.3) is 0 Å². The number of anilines is 1.